The molecule has 1 atom stereocenters. The van der Waals surface area contributed by atoms with Crippen molar-refractivity contribution in [3.63, 3.8) is 0 Å². The molecule has 0 aliphatic carbocycles. The van der Waals surface area contributed by atoms with E-state index in [1.807, 2.05) is 17.1 Å². The first-order chi connectivity index (χ1) is 8.22. The van der Waals surface area contributed by atoms with Crippen LogP contribution in [-0.2, 0) is 16.0 Å². The average Bonchev–Trinajstić information content (AvgIpc) is 2.87. The molecule has 1 unspecified atom stereocenters. The van der Waals surface area contributed by atoms with E-state index in [-0.39, 0.29) is 11.6 Å². The fraction of sp³-hybridized carbons (Fsp3) is 0.750. The minimum atomic E-state index is -0.306. The van der Waals surface area contributed by atoms with Crippen LogP contribution in [-0.4, -0.2) is 35.7 Å². The number of aromatic nitrogens is 2. The summed E-state index contributed by atoms with van der Waals surface area (Å²) >= 11 is 0. The van der Waals surface area contributed by atoms with Gasteiger partial charge in [-0.05, 0) is 6.92 Å². The van der Waals surface area contributed by atoms with Crippen LogP contribution in [0.25, 0.3) is 0 Å². The highest BCUT2D eigenvalue weighted by Gasteiger charge is 2.39. The van der Waals surface area contributed by atoms with Gasteiger partial charge >= 0.3 is 0 Å². The van der Waals surface area contributed by atoms with Gasteiger partial charge in [0.25, 0.3) is 0 Å². The molecule has 17 heavy (non-hydrogen) atoms. The molecule has 5 nitrogen and oxygen atoms in total. The van der Waals surface area contributed by atoms with Crippen molar-refractivity contribution in [3.05, 3.63) is 18.0 Å². The number of nitrogens with two attached hydrogens (primary N) is 1. The van der Waals surface area contributed by atoms with Crippen molar-refractivity contribution in [2.75, 3.05) is 20.3 Å². The van der Waals surface area contributed by atoms with Crippen molar-refractivity contribution < 1.29 is 9.47 Å². The monoisotopic (exact) mass is 239 g/mol. The molecule has 2 rings (SSSR count). The highest BCUT2D eigenvalue weighted by Crippen LogP contribution is 2.35. The van der Waals surface area contributed by atoms with Crippen LogP contribution in [0.15, 0.2) is 12.4 Å². The van der Waals surface area contributed by atoms with Crippen LogP contribution in [0, 0.1) is 0 Å². The van der Waals surface area contributed by atoms with Gasteiger partial charge in [-0.1, -0.05) is 0 Å². The SMILES string of the molecule is CCn1cc(C(N)C2(OC)CCOCC2)cn1. The molecule has 1 saturated heterocycles. The summed E-state index contributed by atoms with van der Waals surface area (Å²) in [5.74, 6) is 0. The van der Waals surface area contributed by atoms with Gasteiger partial charge in [-0.2, -0.15) is 5.10 Å². The first kappa shape index (κ1) is 12.5. The first-order valence-corrected chi connectivity index (χ1v) is 6.12. The maximum Gasteiger partial charge on any atom is 0.0915 e. The third-order valence-electron chi connectivity index (χ3n) is 3.65. The summed E-state index contributed by atoms with van der Waals surface area (Å²) in [5.41, 5.74) is 7.08. The quantitative estimate of drug-likeness (QED) is 0.854. The van der Waals surface area contributed by atoms with Gasteiger partial charge in [-0.3, -0.25) is 4.68 Å². The molecule has 5 heteroatoms. The molecule has 2 N–H and O–H groups in total. The average molecular weight is 239 g/mol. The zero-order chi connectivity index (χ0) is 12.3. The van der Waals surface area contributed by atoms with Crippen LogP contribution in [0.5, 0.6) is 0 Å². The van der Waals surface area contributed by atoms with Gasteiger partial charge in [-0.15, -0.1) is 0 Å². The van der Waals surface area contributed by atoms with Gasteiger partial charge < -0.3 is 15.2 Å². The second-order valence-electron chi connectivity index (χ2n) is 4.49. The second-order valence-corrected chi connectivity index (χ2v) is 4.49. The number of aryl methyl sites for hydroxylation is 1. The standard InChI is InChI=1S/C12H21N3O2/c1-3-15-9-10(8-14-15)11(13)12(16-2)4-6-17-7-5-12/h8-9,11H,3-7,13H2,1-2H3. The predicted molar refractivity (Wildman–Crippen MR) is 64.6 cm³/mol. The summed E-state index contributed by atoms with van der Waals surface area (Å²) in [4.78, 5) is 0. The number of nitrogens with zero attached hydrogens (tertiary/aromatic N) is 2. The number of hydrogen-bond acceptors (Lipinski definition) is 4. The summed E-state index contributed by atoms with van der Waals surface area (Å²) in [6.45, 7) is 4.34. The highest BCUT2D eigenvalue weighted by atomic mass is 16.5. The summed E-state index contributed by atoms with van der Waals surface area (Å²) in [7, 11) is 1.73. The molecule has 1 aromatic heterocycles. The molecule has 0 amide bonds. The van der Waals surface area contributed by atoms with Crippen LogP contribution in [0.4, 0.5) is 0 Å². The van der Waals surface area contributed by atoms with Crippen molar-refractivity contribution in [1.82, 2.24) is 9.78 Å². The van der Waals surface area contributed by atoms with E-state index in [4.69, 9.17) is 15.2 Å². The zero-order valence-electron chi connectivity index (χ0n) is 10.6. The van der Waals surface area contributed by atoms with Crippen molar-refractivity contribution in [2.45, 2.75) is 38.0 Å². The second kappa shape index (κ2) is 5.16. The molecule has 1 aliphatic heterocycles. The summed E-state index contributed by atoms with van der Waals surface area (Å²) < 4.78 is 13.0. The lowest BCUT2D eigenvalue weighted by molar-refractivity contribution is -0.105. The normalized spacial score (nSPS) is 21.4. The van der Waals surface area contributed by atoms with E-state index in [0.717, 1.165) is 24.9 Å². The zero-order valence-corrected chi connectivity index (χ0v) is 10.6. The minimum Gasteiger partial charge on any atom is -0.381 e. The van der Waals surface area contributed by atoms with Crippen LogP contribution in [0.3, 0.4) is 0 Å². The van der Waals surface area contributed by atoms with Gasteiger partial charge in [0.1, 0.15) is 0 Å². The molecule has 0 spiro atoms. The lowest BCUT2D eigenvalue weighted by Crippen LogP contribution is -2.47. The van der Waals surface area contributed by atoms with Crippen LogP contribution in [0.1, 0.15) is 31.4 Å². The number of rotatable bonds is 4. The Bertz CT molecular complexity index is 358. The molecular formula is C12H21N3O2. The third kappa shape index (κ3) is 2.36. The van der Waals surface area contributed by atoms with Crippen LogP contribution in [0.2, 0.25) is 0 Å². The topological polar surface area (TPSA) is 62.3 Å². The largest absolute Gasteiger partial charge is 0.381 e. The molecular weight excluding hydrogens is 218 g/mol. The van der Waals surface area contributed by atoms with Crippen molar-refractivity contribution in [3.8, 4) is 0 Å². The van der Waals surface area contributed by atoms with E-state index in [2.05, 4.69) is 12.0 Å². The lowest BCUT2D eigenvalue weighted by atomic mass is 9.83. The molecule has 1 aromatic rings. The summed E-state index contributed by atoms with van der Waals surface area (Å²) in [6.07, 6.45) is 5.51. The minimum absolute atomic E-state index is 0.142. The number of ether oxygens (including phenoxy) is 2. The fourth-order valence-electron chi connectivity index (χ4n) is 2.38. The molecule has 96 valence electrons. The fourth-order valence-corrected chi connectivity index (χ4v) is 2.38. The van der Waals surface area contributed by atoms with Crippen molar-refractivity contribution in [1.29, 1.82) is 0 Å². The maximum atomic E-state index is 6.35. The number of methoxy groups -OCH3 is 1. The smallest absolute Gasteiger partial charge is 0.0915 e. The van der Waals surface area contributed by atoms with Crippen LogP contribution >= 0.6 is 0 Å². The Morgan fingerprint density at radius 3 is 2.82 bits per heavy atom. The Morgan fingerprint density at radius 1 is 1.59 bits per heavy atom. The van der Waals surface area contributed by atoms with E-state index in [0.29, 0.717) is 13.2 Å². The first-order valence-electron chi connectivity index (χ1n) is 6.12. The molecule has 2 heterocycles. The Balaban J connectivity index is 2.18. The van der Waals surface area contributed by atoms with E-state index in [1.165, 1.54) is 0 Å². The molecule has 0 radical (unpaired) electrons. The highest BCUT2D eigenvalue weighted by molar-refractivity contribution is 5.16. The molecule has 1 fully saturated rings. The van der Waals surface area contributed by atoms with Crippen LogP contribution < -0.4 is 5.73 Å². The molecule has 0 aromatic carbocycles. The Kier molecular flexibility index (Phi) is 3.81. The van der Waals surface area contributed by atoms with Gasteiger partial charge in [0.05, 0.1) is 17.8 Å². The van der Waals surface area contributed by atoms with E-state index in [1.54, 1.807) is 7.11 Å². The predicted octanol–water partition coefficient (Wildman–Crippen LogP) is 1.10. The summed E-state index contributed by atoms with van der Waals surface area (Å²) in [5, 5.41) is 4.27. The van der Waals surface area contributed by atoms with Gasteiger partial charge in [0.15, 0.2) is 0 Å². The molecule has 0 saturated carbocycles. The third-order valence-corrected chi connectivity index (χ3v) is 3.65. The molecule has 0 bridgehead atoms. The number of hydrogen-bond donors (Lipinski definition) is 1. The van der Waals surface area contributed by atoms with E-state index in [9.17, 15) is 0 Å². The summed E-state index contributed by atoms with van der Waals surface area (Å²) in [6, 6.07) is -0.142. The lowest BCUT2D eigenvalue weighted by Gasteiger charge is -2.40. The Hall–Kier alpha value is -0.910. The van der Waals surface area contributed by atoms with Gasteiger partial charge in [0.2, 0.25) is 0 Å². The Labute approximate surface area is 102 Å². The van der Waals surface area contributed by atoms with Gasteiger partial charge in [-0.25, -0.2) is 0 Å². The van der Waals surface area contributed by atoms with Crippen molar-refractivity contribution >= 4 is 0 Å². The van der Waals surface area contributed by atoms with Gasteiger partial charge in [0, 0.05) is 51.5 Å². The van der Waals surface area contributed by atoms with E-state index >= 15 is 0 Å². The maximum absolute atomic E-state index is 6.35. The van der Waals surface area contributed by atoms with E-state index < -0.39 is 0 Å². The van der Waals surface area contributed by atoms with Crippen molar-refractivity contribution in [2.24, 2.45) is 5.73 Å². The molecule has 1 aliphatic rings. The Morgan fingerprint density at radius 2 is 2.29 bits per heavy atom.